The normalized spacial score (nSPS) is 17.4. The molecule has 0 aliphatic heterocycles. The van der Waals surface area contributed by atoms with Gasteiger partial charge in [-0.2, -0.15) is 0 Å². The van der Waals surface area contributed by atoms with Gasteiger partial charge >= 0.3 is 0 Å². The van der Waals surface area contributed by atoms with Crippen molar-refractivity contribution in [3.63, 3.8) is 0 Å². The largest absolute Gasteiger partial charge is 0.455 e. The molecule has 12 rings (SSSR count). The Bertz CT molecular complexity index is 3400. The Labute approximate surface area is 373 Å². The van der Waals surface area contributed by atoms with E-state index in [4.69, 9.17) is 8.83 Å². The second-order valence-electron chi connectivity index (χ2n) is 17.0. The smallest absolute Gasteiger partial charge is 0.143 e. The summed E-state index contributed by atoms with van der Waals surface area (Å²) < 4.78 is 12.8. The van der Waals surface area contributed by atoms with Crippen LogP contribution in [0.15, 0.2) is 233 Å². The molecule has 4 nitrogen and oxygen atoms in total. The monoisotopic (exact) mass is 826 g/mol. The zero-order chi connectivity index (χ0) is 42.4. The summed E-state index contributed by atoms with van der Waals surface area (Å²) in [6, 6.07) is 60.8. The van der Waals surface area contributed by atoms with Crippen LogP contribution in [0.4, 0.5) is 17.1 Å². The molecule has 0 fully saturated rings. The minimum Gasteiger partial charge on any atom is -0.455 e. The van der Waals surface area contributed by atoms with E-state index in [1.807, 2.05) is 12.1 Å². The fourth-order valence-electron chi connectivity index (χ4n) is 10.1. The highest BCUT2D eigenvalue weighted by Gasteiger charge is 2.27. The molecule has 2 aromatic heterocycles. The predicted molar refractivity (Wildman–Crippen MR) is 268 cm³/mol. The lowest BCUT2D eigenvalue weighted by molar-refractivity contribution is 0.617. The molecule has 3 aliphatic carbocycles. The molecule has 7 aromatic carbocycles. The summed E-state index contributed by atoms with van der Waals surface area (Å²) in [6.07, 6.45) is 22.5. The lowest BCUT2D eigenvalue weighted by Gasteiger charge is -2.39. The van der Waals surface area contributed by atoms with E-state index in [1.54, 1.807) is 0 Å². The molecule has 0 amide bonds. The van der Waals surface area contributed by atoms with Crippen molar-refractivity contribution in [2.24, 2.45) is 0 Å². The van der Waals surface area contributed by atoms with E-state index in [1.165, 1.54) is 44.6 Å². The van der Waals surface area contributed by atoms with Crippen LogP contribution in [0.1, 0.15) is 42.4 Å². The first-order valence-electron chi connectivity index (χ1n) is 22.5. The first kappa shape index (κ1) is 37.9. The Kier molecular flexibility index (Phi) is 9.56. The maximum atomic E-state index is 6.42. The van der Waals surface area contributed by atoms with E-state index in [0.29, 0.717) is 0 Å². The summed E-state index contributed by atoms with van der Waals surface area (Å²) in [5.74, 6) is 0. The second-order valence-corrected chi connectivity index (χ2v) is 17.0. The number of para-hydroxylation sites is 6. The van der Waals surface area contributed by atoms with Gasteiger partial charge in [0.05, 0.1) is 12.1 Å². The second kappa shape index (κ2) is 16.1. The molecule has 0 N–H and O–H groups in total. The van der Waals surface area contributed by atoms with Gasteiger partial charge in [0.1, 0.15) is 22.3 Å². The lowest BCUT2D eigenvalue weighted by Crippen LogP contribution is -2.42. The van der Waals surface area contributed by atoms with Gasteiger partial charge in [-0.25, -0.2) is 0 Å². The van der Waals surface area contributed by atoms with Crippen molar-refractivity contribution in [3.05, 3.63) is 241 Å². The highest BCUT2D eigenvalue weighted by molar-refractivity contribution is 6.09. The number of hydrogen-bond acceptors (Lipinski definition) is 4. The fraction of sp³-hybridized carbons (Fsp3) is 0.100. The summed E-state index contributed by atoms with van der Waals surface area (Å²) in [5.41, 5.74) is 15.9. The Morgan fingerprint density at radius 2 is 0.953 bits per heavy atom. The van der Waals surface area contributed by atoms with Crippen LogP contribution >= 0.6 is 0 Å². The first-order chi connectivity index (χ1) is 31.7. The molecule has 4 heteroatoms. The molecule has 0 bridgehead atoms. The molecular formula is C60H46N2O2. The van der Waals surface area contributed by atoms with E-state index >= 15 is 0 Å². The molecule has 308 valence electrons. The average Bonchev–Trinajstić information content (AvgIpc) is 3.95. The van der Waals surface area contributed by atoms with E-state index in [0.717, 1.165) is 81.1 Å². The maximum absolute atomic E-state index is 6.42. The molecular weight excluding hydrogens is 781 g/mol. The van der Waals surface area contributed by atoms with Gasteiger partial charge in [0.25, 0.3) is 0 Å². The van der Waals surface area contributed by atoms with Gasteiger partial charge in [-0.3, -0.25) is 0 Å². The quantitative estimate of drug-likeness (QED) is 0.145. The highest BCUT2D eigenvalue weighted by Crippen LogP contribution is 2.41. The van der Waals surface area contributed by atoms with E-state index in [9.17, 15) is 0 Å². The van der Waals surface area contributed by atoms with Crippen LogP contribution in [0.2, 0.25) is 0 Å². The van der Waals surface area contributed by atoms with Crippen molar-refractivity contribution < 1.29 is 8.83 Å². The van der Waals surface area contributed by atoms with Crippen molar-refractivity contribution in [1.82, 2.24) is 0 Å². The van der Waals surface area contributed by atoms with Crippen LogP contribution in [0, 0.1) is 0 Å². The summed E-state index contributed by atoms with van der Waals surface area (Å²) in [6.45, 7) is 0. The van der Waals surface area contributed by atoms with Gasteiger partial charge in [-0.15, -0.1) is 0 Å². The van der Waals surface area contributed by atoms with Gasteiger partial charge in [0.2, 0.25) is 0 Å². The van der Waals surface area contributed by atoms with Crippen molar-refractivity contribution in [2.45, 2.75) is 37.8 Å². The van der Waals surface area contributed by atoms with Crippen molar-refractivity contribution in [1.29, 1.82) is 0 Å². The third-order valence-corrected chi connectivity index (χ3v) is 13.3. The summed E-state index contributed by atoms with van der Waals surface area (Å²) in [5, 5.41) is 4.66. The Hall–Kier alpha value is -7.82. The van der Waals surface area contributed by atoms with E-state index in [2.05, 4.69) is 216 Å². The molecule has 0 saturated carbocycles. The minimum atomic E-state index is 0.216. The summed E-state index contributed by atoms with van der Waals surface area (Å²) in [7, 11) is 0. The number of benzene rings is 7. The lowest BCUT2D eigenvalue weighted by atomic mass is 9.91. The van der Waals surface area contributed by atoms with Crippen molar-refractivity contribution in [3.8, 4) is 0 Å². The van der Waals surface area contributed by atoms with Gasteiger partial charge in [-0.1, -0.05) is 164 Å². The van der Waals surface area contributed by atoms with Crippen LogP contribution < -0.4 is 9.80 Å². The zero-order valence-corrected chi connectivity index (χ0v) is 35.5. The molecule has 0 radical (unpaired) electrons. The van der Waals surface area contributed by atoms with Crippen LogP contribution in [-0.2, 0) is 0 Å². The number of furan rings is 2. The Balaban J connectivity index is 0.789. The number of fused-ring (bicyclic) bond motifs is 6. The third kappa shape index (κ3) is 6.79. The molecule has 2 unspecified atom stereocenters. The van der Waals surface area contributed by atoms with Gasteiger partial charge < -0.3 is 18.6 Å². The molecule has 3 aliphatic rings. The number of nitrogens with zero attached hydrogens (tertiary/aromatic N) is 2. The highest BCUT2D eigenvalue weighted by atomic mass is 16.3. The maximum Gasteiger partial charge on any atom is 0.143 e. The van der Waals surface area contributed by atoms with Crippen LogP contribution in [0.5, 0.6) is 0 Å². The standard InChI is InChI=1S/C60H46N2O2/c1-3-13-45(14-4-1)61(49-37-29-43(30-38-49)51-19-11-21-55-53-17-7-9-23-57(53)63-59(51)55)47-33-25-41(26-34-47)42-27-35-48(36-28-42)62(46-15-5-2-6-16-46)50-39-31-44(32-40-50)52-20-12-22-56-54-18-8-10-24-58(54)64-60(52)56/h1-31,33,35-37,39,47,49H,32,34,38,40H2. The van der Waals surface area contributed by atoms with Crippen LogP contribution in [0.25, 0.3) is 60.6 Å². The minimum absolute atomic E-state index is 0.216. The molecule has 0 spiro atoms. The summed E-state index contributed by atoms with van der Waals surface area (Å²) in [4.78, 5) is 5.00. The third-order valence-electron chi connectivity index (χ3n) is 13.3. The molecule has 64 heavy (non-hydrogen) atoms. The van der Waals surface area contributed by atoms with Gasteiger partial charge in [0, 0.05) is 55.4 Å². The number of rotatable bonds is 9. The number of allylic oxidation sites excluding steroid dienone is 8. The summed E-state index contributed by atoms with van der Waals surface area (Å²) >= 11 is 0. The van der Waals surface area contributed by atoms with Crippen LogP contribution in [-0.4, -0.2) is 12.1 Å². The predicted octanol–water partition coefficient (Wildman–Crippen LogP) is 16.0. The number of anilines is 3. The zero-order valence-electron chi connectivity index (χ0n) is 35.5. The molecule has 2 heterocycles. The number of hydrogen-bond donors (Lipinski definition) is 0. The van der Waals surface area contributed by atoms with Crippen molar-refractivity contribution in [2.75, 3.05) is 9.80 Å². The first-order valence-corrected chi connectivity index (χ1v) is 22.5. The SMILES string of the molecule is C1=CC(N(c2ccccc2)C2C=CC(c3cccc4c3oc3ccccc34)=CC2)CC=C1c1ccc(N(C2=CC=C(c3cccc4c3oc3ccccc34)CC2)c2ccccc2)cc1. The van der Waals surface area contributed by atoms with Gasteiger partial charge in [-0.05, 0) is 103 Å². The fourth-order valence-corrected chi connectivity index (χ4v) is 10.1. The molecule has 2 atom stereocenters. The molecule has 9 aromatic rings. The molecule has 0 saturated heterocycles. The van der Waals surface area contributed by atoms with E-state index < -0.39 is 0 Å². The average molecular weight is 827 g/mol. The van der Waals surface area contributed by atoms with E-state index in [-0.39, 0.29) is 12.1 Å². The van der Waals surface area contributed by atoms with Crippen molar-refractivity contribution >= 4 is 77.7 Å². The van der Waals surface area contributed by atoms with Gasteiger partial charge in [0.15, 0.2) is 0 Å². The Morgan fingerprint density at radius 3 is 1.55 bits per heavy atom. The Morgan fingerprint density at radius 1 is 0.422 bits per heavy atom. The van der Waals surface area contributed by atoms with Crippen LogP contribution in [0.3, 0.4) is 0 Å². The topological polar surface area (TPSA) is 32.8 Å².